The summed E-state index contributed by atoms with van der Waals surface area (Å²) in [6.45, 7) is -0.536. The summed E-state index contributed by atoms with van der Waals surface area (Å²) in [7, 11) is 0. The number of ether oxygens (including phenoxy) is 1. The molecule has 3 rings (SSSR count). The number of halogens is 5. The van der Waals surface area contributed by atoms with Crippen molar-refractivity contribution in [3.05, 3.63) is 106 Å². The molecule has 4 nitrogen and oxygen atoms in total. The van der Waals surface area contributed by atoms with Gasteiger partial charge in [0.1, 0.15) is 24.3 Å². The van der Waals surface area contributed by atoms with E-state index >= 15 is 0 Å². The molecule has 32 heavy (non-hydrogen) atoms. The lowest BCUT2D eigenvalue weighted by atomic mass is 10.00. The number of carbonyl (C=O) groups is 1. The number of hydrogen-bond donors (Lipinski definition) is 1. The number of esters is 1. The van der Waals surface area contributed by atoms with Gasteiger partial charge in [0.15, 0.2) is 0 Å². The summed E-state index contributed by atoms with van der Waals surface area (Å²) in [6, 6.07) is 9.69. The van der Waals surface area contributed by atoms with Crippen LogP contribution in [0, 0.1) is 11.6 Å². The van der Waals surface area contributed by atoms with Crippen LogP contribution in [0.15, 0.2) is 72.6 Å². The minimum atomic E-state index is -4.57. The van der Waals surface area contributed by atoms with Crippen LogP contribution in [0.5, 0.6) is 0 Å². The largest absolute Gasteiger partial charge is 0.457 e. The van der Waals surface area contributed by atoms with Crippen molar-refractivity contribution in [2.45, 2.75) is 18.9 Å². The number of nitrogens with zero attached hydrogens (tertiary/aromatic N) is 1. The van der Waals surface area contributed by atoms with Crippen LogP contribution >= 0.6 is 0 Å². The highest BCUT2D eigenvalue weighted by Gasteiger charge is 2.30. The predicted molar refractivity (Wildman–Crippen MR) is 105 cm³/mol. The van der Waals surface area contributed by atoms with E-state index < -0.39 is 47.6 Å². The van der Waals surface area contributed by atoms with Crippen LogP contribution in [0.1, 0.15) is 28.4 Å². The molecule has 0 fully saturated rings. The van der Waals surface area contributed by atoms with Crippen molar-refractivity contribution in [2.75, 3.05) is 0 Å². The fourth-order valence-electron chi connectivity index (χ4n) is 2.83. The van der Waals surface area contributed by atoms with Gasteiger partial charge in [-0.1, -0.05) is 18.2 Å². The number of hydrogen-bond acceptors (Lipinski definition) is 4. The molecule has 0 saturated carbocycles. The van der Waals surface area contributed by atoms with Crippen LogP contribution in [-0.2, 0) is 22.3 Å². The van der Waals surface area contributed by atoms with Gasteiger partial charge in [-0.15, -0.1) is 0 Å². The number of pyridine rings is 1. The number of aliphatic hydroxyl groups excluding tert-OH is 1. The molecule has 2 aromatic carbocycles. The smallest absolute Gasteiger partial charge is 0.416 e. The van der Waals surface area contributed by atoms with E-state index in [0.717, 1.165) is 42.5 Å². The lowest BCUT2D eigenvalue weighted by Gasteiger charge is -2.15. The highest BCUT2D eigenvalue weighted by Crippen LogP contribution is 2.30. The first-order valence-corrected chi connectivity index (χ1v) is 9.23. The molecule has 1 unspecified atom stereocenters. The molecule has 1 heterocycles. The first-order chi connectivity index (χ1) is 15.1. The topological polar surface area (TPSA) is 59.4 Å². The van der Waals surface area contributed by atoms with E-state index in [1.165, 1.54) is 30.6 Å². The zero-order valence-corrected chi connectivity index (χ0v) is 16.3. The van der Waals surface area contributed by atoms with Crippen LogP contribution < -0.4 is 0 Å². The summed E-state index contributed by atoms with van der Waals surface area (Å²) in [5, 5.41) is 10.6. The summed E-state index contributed by atoms with van der Waals surface area (Å²) in [4.78, 5) is 16.5. The number of carbonyl (C=O) groups excluding carboxylic acids is 1. The Balaban J connectivity index is 1.90. The molecular formula is C23H16F5NO3. The van der Waals surface area contributed by atoms with E-state index in [1.54, 1.807) is 0 Å². The predicted octanol–water partition coefficient (Wildman–Crippen LogP) is 5.24. The van der Waals surface area contributed by atoms with Gasteiger partial charge < -0.3 is 9.84 Å². The molecule has 1 aromatic heterocycles. The summed E-state index contributed by atoms with van der Waals surface area (Å²) in [5.74, 6) is -2.75. The Morgan fingerprint density at radius 3 is 2.56 bits per heavy atom. The van der Waals surface area contributed by atoms with Gasteiger partial charge in [-0.25, -0.2) is 13.6 Å². The van der Waals surface area contributed by atoms with E-state index in [2.05, 4.69) is 4.98 Å². The van der Waals surface area contributed by atoms with Crippen LogP contribution in [0.2, 0.25) is 0 Å². The van der Waals surface area contributed by atoms with Gasteiger partial charge in [-0.2, -0.15) is 13.2 Å². The molecule has 0 radical (unpaired) electrons. The maximum absolute atomic E-state index is 14.1. The minimum absolute atomic E-state index is 0.0559. The van der Waals surface area contributed by atoms with Crippen molar-refractivity contribution < 1.29 is 36.6 Å². The van der Waals surface area contributed by atoms with Gasteiger partial charge >= 0.3 is 12.1 Å². The highest BCUT2D eigenvalue weighted by molar-refractivity contribution is 5.95. The monoisotopic (exact) mass is 449 g/mol. The van der Waals surface area contributed by atoms with Crippen LogP contribution in [-0.4, -0.2) is 16.1 Å². The fourth-order valence-corrected chi connectivity index (χ4v) is 2.83. The van der Waals surface area contributed by atoms with E-state index in [4.69, 9.17) is 4.74 Å². The van der Waals surface area contributed by atoms with Crippen molar-refractivity contribution in [3.8, 4) is 0 Å². The quantitative estimate of drug-likeness (QED) is 0.318. The molecule has 0 bridgehead atoms. The van der Waals surface area contributed by atoms with Gasteiger partial charge in [0.05, 0.1) is 11.1 Å². The molecule has 0 aliphatic heterocycles. The van der Waals surface area contributed by atoms with Gasteiger partial charge in [-0.05, 0) is 48.0 Å². The minimum Gasteiger partial charge on any atom is -0.457 e. The Morgan fingerprint density at radius 2 is 1.88 bits per heavy atom. The van der Waals surface area contributed by atoms with Crippen LogP contribution in [0.4, 0.5) is 22.0 Å². The molecule has 0 saturated heterocycles. The maximum Gasteiger partial charge on any atom is 0.416 e. The van der Waals surface area contributed by atoms with E-state index in [1.807, 2.05) is 0 Å². The molecule has 1 N–H and O–H groups in total. The zero-order valence-electron chi connectivity index (χ0n) is 16.3. The SMILES string of the molecule is O=C(OCc1cccc(C(F)(F)F)c1)C(=Cc1cc(F)ccc1F)C(O)c1cccnc1. The van der Waals surface area contributed by atoms with Crippen LogP contribution in [0.3, 0.4) is 0 Å². The second-order valence-corrected chi connectivity index (χ2v) is 6.73. The van der Waals surface area contributed by atoms with Crippen molar-refractivity contribution in [2.24, 2.45) is 0 Å². The fraction of sp³-hybridized carbons (Fsp3) is 0.130. The average Bonchev–Trinajstić information content (AvgIpc) is 2.78. The molecule has 0 amide bonds. The van der Waals surface area contributed by atoms with Gasteiger partial charge in [0, 0.05) is 23.5 Å². The number of rotatable bonds is 6. The Kier molecular flexibility index (Phi) is 6.99. The molecule has 0 aliphatic rings. The molecule has 1 atom stereocenters. The number of aromatic nitrogens is 1. The maximum atomic E-state index is 14.1. The second kappa shape index (κ2) is 9.69. The van der Waals surface area contributed by atoms with Crippen LogP contribution in [0.25, 0.3) is 6.08 Å². The van der Waals surface area contributed by atoms with E-state index in [-0.39, 0.29) is 16.7 Å². The van der Waals surface area contributed by atoms with Crippen molar-refractivity contribution in [1.29, 1.82) is 0 Å². The molecular weight excluding hydrogens is 433 g/mol. The van der Waals surface area contributed by atoms with Gasteiger partial charge in [0.25, 0.3) is 0 Å². The third-order valence-electron chi connectivity index (χ3n) is 4.42. The number of aliphatic hydroxyl groups is 1. The van der Waals surface area contributed by atoms with Gasteiger partial charge in [-0.3, -0.25) is 4.98 Å². The Labute approximate surface area is 179 Å². The normalized spacial score (nSPS) is 13.0. The summed E-state index contributed by atoms with van der Waals surface area (Å²) in [5.41, 5.74) is -1.46. The third kappa shape index (κ3) is 5.76. The molecule has 0 aliphatic carbocycles. The van der Waals surface area contributed by atoms with Crippen molar-refractivity contribution in [1.82, 2.24) is 4.98 Å². The second-order valence-electron chi connectivity index (χ2n) is 6.73. The molecule has 0 spiro atoms. The molecule has 3 aromatic rings. The van der Waals surface area contributed by atoms with E-state index in [9.17, 15) is 31.9 Å². The first-order valence-electron chi connectivity index (χ1n) is 9.23. The Hall–Kier alpha value is -3.59. The standard InChI is InChI=1S/C23H16F5NO3/c24-18-6-7-20(25)16(10-18)11-19(21(30)15-4-2-8-29-12-15)22(31)32-13-14-3-1-5-17(9-14)23(26,27)28/h1-12,21,30H,13H2. The van der Waals surface area contributed by atoms with E-state index in [0.29, 0.717) is 0 Å². The Morgan fingerprint density at radius 1 is 1.09 bits per heavy atom. The lowest BCUT2D eigenvalue weighted by molar-refractivity contribution is -0.141. The summed E-state index contributed by atoms with van der Waals surface area (Å²) in [6.07, 6.45) is -2.57. The third-order valence-corrected chi connectivity index (χ3v) is 4.42. The van der Waals surface area contributed by atoms with Gasteiger partial charge in [0.2, 0.25) is 0 Å². The van der Waals surface area contributed by atoms with Crippen molar-refractivity contribution in [3.63, 3.8) is 0 Å². The average molecular weight is 449 g/mol. The zero-order chi connectivity index (χ0) is 23.3. The summed E-state index contributed by atoms with van der Waals surface area (Å²) < 4.78 is 71.4. The number of alkyl halides is 3. The number of benzene rings is 2. The highest BCUT2D eigenvalue weighted by atomic mass is 19.4. The van der Waals surface area contributed by atoms with Crippen molar-refractivity contribution >= 4 is 12.0 Å². The first kappa shape index (κ1) is 23.1. The summed E-state index contributed by atoms with van der Waals surface area (Å²) >= 11 is 0. The Bertz CT molecular complexity index is 1130. The molecule has 166 valence electrons. The lowest BCUT2D eigenvalue weighted by Crippen LogP contribution is -2.15. The molecule has 9 heteroatoms.